The van der Waals surface area contributed by atoms with Gasteiger partial charge in [-0.3, -0.25) is 0 Å². The monoisotopic (exact) mass is 1220 g/mol. The first-order valence-electron chi connectivity index (χ1n) is 27.3. The van der Waals surface area contributed by atoms with Gasteiger partial charge in [-0.15, -0.1) is 0 Å². The highest BCUT2D eigenvalue weighted by molar-refractivity contribution is 8.34. The number of methoxy groups -OCH3 is 3. The molecule has 21 heteroatoms. The molecule has 0 aromatic heterocycles. The molecule has 3 aliphatic rings. The Balaban J connectivity index is 0.000000389. The molecule has 0 bridgehead atoms. The predicted octanol–water partition coefficient (Wildman–Crippen LogP) is 10.4. The fraction of sp³-hybridized carbons (Fsp3) is 0.833. The summed E-state index contributed by atoms with van der Waals surface area (Å²) in [5.74, 6) is 3.72. The molecule has 6 unspecified atom stereocenters. The molecule has 430 valence electrons. The maximum absolute atomic E-state index is 12.2. The number of hydrogen-bond acceptors (Lipinski definition) is 15. The van der Waals surface area contributed by atoms with Crippen LogP contribution in [-0.4, -0.2) is 94.3 Å². The van der Waals surface area contributed by atoms with Gasteiger partial charge in [0.25, 0.3) is 0 Å². The van der Waals surface area contributed by atoms with Gasteiger partial charge in [-0.25, -0.2) is 14.4 Å². The molecule has 6 atom stereocenters. The zero-order chi connectivity index (χ0) is 55.9. The van der Waals surface area contributed by atoms with Crippen LogP contribution >= 0.6 is 20.8 Å². The first-order valence-corrected chi connectivity index (χ1v) is 38.7. The standard InChI is InChI=1S/C22H39O4PS2.C16H29O4PS2.C16H23O4PS2/c1-4-22(2,25-3)21(23)26-15-13-17-5-9-19(10-6-17)20-11-7-18(8-12-20)14-16-27(24)29-28;2*1-4-16(2,19-3)15(17)20-11-9-13-5-7-14(8-6-13)10-12-21(18)23-22/h17-20H,4-16H2,1-3H3;13-14H,4-12H2,1-3H3;5-8H,4,9-12H2,1-3H3. The number of benzene rings is 1. The lowest BCUT2D eigenvalue weighted by Crippen LogP contribution is -2.38. The first kappa shape index (κ1) is 70.7. The van der Waals surface area contributed by atoms with Crippen LogP contribution < -0.4 is 14.7 Å². The Morgan fingerprint density at radius 2 is 0.760 bits per heavy atom. The number of ether oxygens (including phenoxy) is 6. The Hall–Kier alpha value is -0.390. The van der Waals surface area contributed by atoms with Gasteiger partial charge in [-0.1, -0.05) is 96.4 Å². The van der Waals surface area contributed by atoms with Crippen LogP contribution in [0.4, 0.5) is 0 Å². The highest BCUT2D eigenvalue weighted by atomic mass is 32.9. The van der Waals surface area contributed by atoms with E-state index in [-0.39, 0.29) is 17.9 Å². The summed E-state index contributed by atoms with van der Waals surface area (Å²) in [6, 6.07) is 8.04. The van der Waals surface area contributed by atoms with E-state index >= 15 is 0 Å². The molecule has 0 spiro atoms. The van der Waals surface area contributed by atoms with Gasteiger partial charge in [-0.05, 0) is 138 Å². The Morgan fingerprint density at radius 1 is 0.480 bits per heavy atom. The molecule has 0 saturated heterocycles. The maximum atomic E-state index is 12.2. The van der Waals surface area contributed by atoms with E-state index in [2.05, 4.69) is 0 Å². The van der Waals surface area contributed by atoms with Crippen molar-refractivity contribution in [2.75, 3.05) is 59.6 Å². The number of carbonyl (C=O) groups is 3. The van der Waals surface area contributed by atoms with Gasteiger partial charge in [0, 0.05) is 67.7 Å². The van der Waals surface area contributed by atoms with Gasteiger partial charge < -0.3 is 43.1 Å². The molecule has 12 nitrogen and oxygen atoms in total. The average molecular weight is 1220 g/mol. The third-order valence-electron chi connectivity index (χ3n) is 16.5. The molecule has 3 aliphatic carbocycles. The molecule has 1 aromatic rings. The molecule has 3 saturated carbocycles. The smallest absolute Gasteiger partial charge is 0.338 e. The number of carbonyl (C=O) groups excluding carboxylic acids is 3. The molecule has 0 radical (unpaired) electrons. The van der Waals surface area contributed by atoms with Crippen molar-refractivity contribution in [1.82, 2.24) is 0 Å². The van der Waals surface area contributed by atoms with E-state index in [4.69, 9.17) is 62.0 Å². The third-order valence-corrected chi connectivity index (χ3v) is 26.5. The van der Waals surface area contributed by atoms with Gasteiger partial charge >= 0.3 is 17.9 Å². The Morgan fingerprint density at radius 3 is 1.07 bits per heavy atom. The van der Waals surface area contributed by atoms with E-state index in [0.29, 0.717) is 69.4 Å². The number of rotatable bonds is 28. The summed E-state index contributed by atoms with van der Waals surface area (Å²) in [6.07, 6.45) is 24.7. The summed E-state index contributed by atoms with van der Waals surface area (Å²) >= 11 is 14.3. The number of hydrogen-bond donors (Lipinski definition) is 0. The highest BCUT2D eigenvalue weighted by Gasteiger charge is 2.36. The lowest BCUT2D eigenvalue weighted by atomic mass is 9.68. The molecular weight excluding hydrogens is 1130 g/mol. The van der Waals surface area contributed by atoms with E-state index in [1.165, 1.54) is 84.2 Å². The molecule has 1 aromatic carbocycles. The normalized spacial score (nSPS) is 23.5. The minimum absolute atomic E-state index is 0.233. The Labute approximate surface area is 478 Å². The van der Waals surface area contributed by atoms with Gasteiger partial charge in [-0.2, -0.15) is 0 Å². The number of aryl methyl sites for hydroxylation is 1. The van der Waals surface area contributed by atoms with Crippen LogP contribution in [0.3, 0.4) is 0 Å². The summed E-state index contributed by atoms with van der Waals surface area (Å²) in [5, 5.41) is 0. The zero-order valence-corrected chi connectivity index (χ0v) is 54.1. The van der Waals surface area contributed by atoms with Gasteiger partial charge in [0.05, 0.1) is 19.8 Å². The summed E-state index contributed by atoms with van der Waals surface area (Å²) in [4.78, 5) is 70.5. The van der Waals surface area contributed by atoms with Crippen LogP contribution in [0.1, 0.15) is 175 Å². The van der Waals surface area contributed by atoms with Crippen molar-refractivity contribution in [3.05, 3.63) is 35.4 Å². The third kappa shape index (κ3) is 26.8. The highest BCUT2D eigenvalue weighted by Crippen LogP contribution is 2.43. The molecule has 0 amide bonds. The SMILES string of the molecule is CCC(C)(OC)C(=O)OCCC1CCC(C2CCC(CC[P+]([O-])=S=S)CC2)CC1.CCC(C)(OC)C(=O)OCCC1CCC(CC[P+]([O-])=S=S)CC1.CCC(C)(OC)C(=O)OCCc1ccc(CC[P+]([O-])=S=S)cc1. The van der Waals surface area contributed by atoms with Crippen LogP contribution in [0.15, 0.2) is 24.3 Å². The summed E-state index contributed by atoms with van der Waals surface area (Å²) in [7, 11) is 7.81. The second-order valence-corrected chi connectivity index (χ2v) is 33.9. The molecule has 0 heterocycles. The van der Waals surface area contributed by atoms with Gasteiger partial charge in [0.15, 0.2) is 16.8 Å². The van der Waals surface area contributed by atoms with E-state index in [9.17, 15) is 29.1 Å². The molecular formula is C54H91O12P3S6. The first-order chi connectivity index (χ1) is 35.8. The van der Waals surface area contributed by atoms with Crippen LogP contribution in [0.2, 0.25) is 0 Å². The van der Waals surface area contributed by atoms with E-state index in [0.717, 1.165) is 102 Å². The fourth-order valence-corrected chi connectivity index (χ4v) is 15.4. The predicted molar refractivity (Wildman–Crippen MR) is 318 cm³/mol. The largest absolute Gasteiger partial charge is 0.620 e. The van der Waals surface area contributed by atoms with E-state index < -0.39 is 37.6 Å². The van der Waals surface area contributed by atoms with E-state index in [1.54, 1.807) is 35.0 Å². The van der Waals surface area contributed by atoms with Crippen molar-refractivity contribution in [2.45, 2.75) is 193 Å². The molecule has 3 fully saturated rings. The second kappa shape index (κ2) is 39.1. The molecule has 75 heavy (non-hydrogen) atoms. The lowest BCUT2D eigenvalue weighted by Gasteiger charge is -2.37. The quantitative estimate of drug-likeness (QED) is 0.0440. The van der Waals surface area contributed by atoms with Crippen LogP contribution in [0, 0.1) is 35.5 Å². The fourth-order valence-electron chi connectivity index (χ4n) is 9.96. The van der Waals surface area contributed by atoms with Gasteiger partial charge in [0.2, 0.25) is 0 Å². The van der Waals surface area contributed by atoms with Crippen molar-refractivity contribution in [2.24, 2.45) is 35.5 Å². The van der Waals surface area contributed by atoms with Crippen molar-refractivity contribution in [1.29, 1.82) is 0 Å². The lowest BCUT2D eigenvalue weighted by molar-refractivity contribution is -0.168. The molecule has 4 rings (SSSR count). The topological polar surface area (TPSA) is 176 Å². The minimum Gasteiger partial charge on any atom is -0.620 e. The maximum Gasteiger partial charge on any atom is 0.338 e. The van der Waals surface area contributed by atoms with Crippen molar-refractivity contribution >= 4 is 101 Å². The Kier molecular flexibility index (Phi) is 36.9. The van der Waals surface area contributed by atoms with Crippen LogP contribution in [0.5, 0.6) is 0 Å². The molecule has 0 aliphatic heterocycles. The van der Waals surface area contributed by atoms with Crippen LogP contribution in [-0.2, 0) is 118 Å². The van der Waals surface area contributed by atoms with E-state index in [1.807, 2.05) is 45.0 Å². The Bertz CT molecular complexity index is 2000. The van der Waals surface area contributed by atoms with Gasteiger partial charge in [0.1, 0.15) is 67.8 Å². The van der Waals surface area contributed by atoms with Crippen molar-refractivity contribution in [3.63, 3.8) is 0 Å². The zero-order valence-electron chi connectivity index (χ0n) is 46.6. The average Bonchev–Trinajstić information content (AvgIpc) is 3.45. The summed E-state index contributed by atoms with van der Waals surface area (Å²) in [5.41, 5.74) is -0.272. The molecule has 0 N–H and O–H groups in total. The number of esters is 3. The second-order valence-electron chi connectivity index (χ2n) is 21.1. The van der Waals surface area contributed by atoms with Crippen molar-refractivity contribution < 1.29 is 57.5 Å². The summed E-state index contributed by atoms with van der Waals surface area (Å²) in [6.45, 7) is 8.61. The van der Waals surface area contributed by atoms with Crippen LogP contribution in [0.25, 0.3) is 0 Å². The summed E-state index contributed by atoms with van der Waals surface area (Å²) < 4.78 is 32.0. The minimum atomic E-state index is -1.33. The van der Waals surface area contributed by atoms with Crippen molar-refractivity contribution in [3.8, 4) is 0 Å².